The van der Waals surface area contributed by atoms with Gasteiger partial charge >= 0.3 is 0 Å². The van der Waals surface area contributed by atoms with Gasteiger partial charge in [-0.3, -0.25) is 9.47 Å². The summed E-state index contributed by atoms with van der Waals surface area (Å²) in [7, 11) is 0. The molecule has 0 atom stereocenters. The standard InChI is InChI=1S/C21H24N4S/c1-18-7-5-6-10-20(18)25-16-15-24(21(25)26)17-22-11-13-23(14-12-22)19-8-3-2-4-9-19/h2-10,15-16H,11-14,17H2,1H3. The van der Waals surface area contributed by atoms with Crippen LogP contribution in [-0.2, 0) is 6.67 Å². The Kier molecular flexibility index (Phi) is 4.91. The second kappa shape index (κ2) is 7.48. The maximum absolute atomic E-state index is 5.72. The average molecular weight is 365 g/mol. The molecule has 1 saturated heterocycles. The fourth-order valence-electron chi connectivity index (χ4n) is 3.54. The topological polar surface area (TPSA) is 16.3 Å². The first-order valence-corrected chi connectivity index (χ1v) is 9.49. The normalized spacial score (nSPS) is 15.3. The molecule has 3 aromatic rings. The third kappa shape index (κ3) is 3.45. The van der Waals surface area contributed by atoms with Gasteiger partial charge in [-0.15, -0.1) is 0 Å². The smallest absolute Gasteiger partial charge is 0.185 e. The zero-order valence-corrected chi connectivity index (χ0v) is 15.9. The van der Waals surface area contributed by atoms with Crippen LogP contribution in [0.2, 0.25) is 0 Å². The van der Waals surface area contributed by atoms with Crippen molar-refractivity contribution >= 4 is 17.9 Å². The Balaban J connectivity index is 1.43. The van der Waals surface area contributed by atoms with Crippen molar-refractivity contribution in [2.24, 2.45) is 0 Å². The molecule has 2 aromatic carbocycles. The number of hydrogen-bond donors (Lipinski definition) is 0. The van der Waals surface area contributed by atoms with Crippen molar-refractivity contribution in [2.75, 3.05) is 31.1 Å². The minimum Gasteiger partial charge on any atom is -0.369 e. The number of para-hydroxylation sites is 2. The van der Waals surface area contributed by atoms with E-state index in [0.29, 0.717) is 0 Å². The van der Waals surface area contributed by atoms with Crippen LogP contribution in [-0.4, -0.2) is 40.2 Å². The van der Waals surface area contributed by atoms with Crippen molar-refractivity contribution in [3.8, 4) is 5.69 Å². The van der Waals surface area contributed by atoms with Gasteiger partial charge in [0.15, 0.2) is 4.77 Å². The average Bonchev–Trinajstić information content (AvgIpc) is 3.04. The molecule has 0 aliphatic carbocycles. The van der Waals surface area contributed by atoms with Crippen molar-refractivity contribution in [1.82, 2.24) is 14.0 Å². The molecule has 0 unspecified atom stereocenters. The van der Waals surface area contributed by atoms with Gasteiger partial charge in [0.2, 0.25) is 0 Å². The van der Waals surface area contributed by atoms with Crippen LogP contribution in [0.4, 0.5) is 5.69 Å². The molecular formula is C21H24N4S. The summed E-state index contributed by atoms with van der Waals surface area (Å²) in [5.74, 6) is 0. The van der Waals surface area contributed by atoms with E-state index in [1.165, 1.54) is 11.3 Å². The van der Waals surface area contributed by atoms with Crippen molar-refractivity contribution in [3.05, 3.63) is 77.3 Å². The van der Waals surface area contributed by atoms with Crippen molar-refractivity contribution in [1.29, 1.82) is 0 Å². The second-order valence-electron chi connectivity index (χ2n) is 6.79. The van der Waals surface area contributed by atoms with E-state index in [0.717, 1.165) is 43.3 Å². The summed E-state index contributed by atoms with van der Waals surface area (Å²) in [5, 5.41) is 0. The third-order valence-electron chi connectivity index (χ3n) is 5.07. The van der Waals surface area contributed by atoms with Crippen LogP contribution in [0.25, 0.3) is 5.69 Å². The zero-order chi connectivity index (χ0) is 17.9. The summed E-state index contributed by atoms with van der Waals surface area (Å²) >= 11 is 5.72. The monoisotopic (exact) mass is 364 g/mol. The Morgan fingerprint density at radius 3 is 2.27 bits per heavy atom. The number of aromatic nitrogens is 2. The predicted molar refractivity (Wildman–Crippen MR) is 110 cm³/mol. The van der Waals surface area contributed by atoms with E-state index in [4.69, 9.17) is 12.2 Å². The number of nitrogens with zero attached hydrogens (tertiary/aromatic N) is 4. The summed E-state index contributed by atoms with van der Waals surface area (Å²) in [5.41, 5.74) is 3.71. The minimum absolute atomic E-state index is 0.848. The van der Waals surface area contributed by atoms with Crippen LogP contribution in [0.5, 0.6) is 0 Å². The van der Waals surface area contributed by atoms with E-state index in [9.17, 15) is 0 Å². The molecule has 0 N–H and O–H groups in total. The first-order valence-electron chi connectivity index (χ1n) is 9.08. The lowest BCUT2D eigenvalue weighted by Crippen LogP contribution is -2.46. The number of aryl methyl sites for hydroxylation is 1. The third-order valence-corrected chi connectivity index (χ3v) is 5.50. The Bertz CT molecular complexity index is 920. The highest BCUT2D eigenvalue weighted by atomic mass is 32.1. The van der Waals surface area contributed by atoms with Crippen LogP contribution in [0.3, 0.4) is 0 Å². The van der Waals surface area contributed by atoms with Crippen molar-refractivity contribution in [3.63, 3.8) is 0 Å². The Hall–Kier alpha value is -2.37. The Morgan fingerprint density at radius 1 is 0.846 bits per heavy atom. The molecule has 0 saturated carbocycles. The van der Waals surface area contributed by atoms with Gasteiger partial charge in [0.25, 0.3) is 0 Å². The molecule has 134 valence electrons. The van der Waals surface area contributed by atoms with E-state index in [1.807, 2.05) is 0 Å². The van der Waals surface area contributed by atoms with Crippen molar-refractivity contribution in [2.45, 2.75) is 13.6 Å². The lowest BCUT2D eigenvalue weighted by molar-refractivity contribution is 0.204. The molecule has 2 heterocycles. The molecule has 0 radical (unpaired) electrons. The quantitative estimate of drug-likeness (QED) is 0.649. The molecule has 1 aromatic heterocycles. The number of rotatable bonds is 4. The number of anilines is 1. The summed E-state index contributed by atoms with van der Waals surface area (Å²) in [6, 6.07) is 19.0. The van der Waals surface area contributed by atoms with Crippen LogP contribution < -0.4 is 4.90 Å². The van der Waals surface area contributed by atoms with Crippen LogP contribution in [0, 0.1) is 11.7 Å². The fourth-order valence-corrected chi connectivity index (χ4v) is 3.82. The molecule has 4 nitrogen and oxygen atoms in total. The number of imidazole rings is 1. The molecule has 1 fully saturated rings. The maximum Gasteiger partial charge on any atom is 0.185 e. The molecule has 1 aliphatic heterocycles. The maximum atomic E-state index is 5.72. The van der Waals surface area contributed by atoms with Gasteiger partial charge in [-0.05, 0) is 42.9 Å². The second-order valence-corrected chi connectivity index (χ2v) is 7.15. The van der Waals surface area contributed by atoms with Crippen LogP contribution in [0.15, 0.2) is 67.0 Å². The molecule has 0 bridgehead atoms. The van der Waals surface area contributed by atoms with Gasteiger partial charge in [-0.2, -0.15) is 0 Å². The number of benzene rings is 2. The molecule has 26 heavy (non-hydrogen) atoms. The van der Waals surface area contributed by atoms with E-state index in [1.54, 1.807) is 0 Å². The lowest BCUT2D eigenvalue weighted by atomic mass is 10.2. The molecular weight excluding hydrogens is 340 g/mol. The summed E-state index contributed by atoms with van der Waals surface area (Å²) in [6.07, 6.45) is 4.17. The zero-order valence-electron chi connectivity index (χ0n) is 15.1. The number of piperazine rings is 1. The van der Waals surface area contributed by atoms with Gasteiger partial charge in [0.1, 0.15) is 0 Å². The van der Waals surface area contributed by atoms with E-state index in [2.05, 4.69) is 92.8 Å². The molecule has 1 aliphatic rings. The van der Waals surface area contributed by atoms with Crippen LogP contribution >= 0.6 is 12.2 Å². The van der Waals surface area contributed by atoms with Gasteiger partial charge in [-0.25, -0.2) is 0 Å². The highest BCUT2D eigenvalue weighted by Crippen LogP contribution is 2.17. The highest BCUT2D eigenvalue weighted by molar-refractivity contribution is 7.71. The SMILES string of the molecule is Cc1ccccc1-n1ccn(CN2CCN(c3ccccc3)CC2)c1=S. The van der Waals surface area contributed by atoms with Crippen molar-refractivity contribution < 1.29 is 0 Å². The summed E-state index contributed by atoms with van der Waals surface area (Å²) in [6.45, 7) is 7.17. The number of hydrogen-bond acceptors (Lipinski definition) is 3. The van der Waals surface area contributed by atoms with E-state index in [-0.39, 0.29) is 0 Å². The predicted octanol–water partition coefficient (Wildman–Crippen LogP) is 4.10. The summed E-state index contributed by atoms with van der Waals surface area (Å²) in [4.78, 5) is 4.92. The molecule has 4 rings (SSSR count). The largest absolute Gasteiger partial charge is 0.369 e. The first-order chi connectivity index (χ1) is 12.7. The van der Waals surface area contributed by atoms with Gasteiger partial charge in [0.05, 0.1) is 12.4 Å². The van der Waals surface area contributed by atoms with Gasteiger partial charge in [-0.1, -0.05) is 36.4 Å². The lowest BCUT2D eigenvalue weighted by Gasteiger charge is -2.36. The minimum atomic E-state index is 0.848. The van der Waals surface area contributed by atoms with Crippen LogP contribution in [0.1, 0.15) is 5.56 Å². The molecule has 0 spiro atoms. The first kappa shape index (κ1) is 17.1. The van der Waals surface area contributed by atoms with E-state index < -0.39 is 0 Å². The summed E-state index contributed by atoms with van der Waals surface area (Å²) < 4.78 is 5.12. The fraction of sp³-hybridized carbons (Fsp3) is 0.286. The molecule has 0 amide bonds. The molecule has 5 heteroatoms. The van der Waals surface area contributed by atoms with Gasteiger partial charge < -0.3 is 9.47 Å². The Morgan fingerprint density at radius 2 is 1.54 bits per heavy atom. The Labute approximate surface area is 159 Å². The van der Waals surface area contributed by atoms with Gasteiger partial charge in [0, 0.05) is 44.3 Å². The van der Waals surface area contributed by atoms with E-state index >= 15 is 0 Å². The highest BCUT2D eigenvalue weighted by Gasteiger charge is 2.17.